The topological polar surface area (TPSA) is 91.4 Å². The number of carbonyl (C=O) groups is 1. The van der Waals surface area contributed by atoms with Crippen LogP contribution in [0, 0.1) is 13.8 Å². The summed E-state index contributed by atoms with van der Waals surface area (Å²) in [6.07, 6.45) is -0.797. The highest BCUT2D eigenvalue weighted by molar-refractivity contribution is 6.07. The van der Waals surface area contributed by atoms with Crippen LogP contribution in [0.4, 0.5) is 0 Å². The zero-order valence-corrected chi connectivity index (χ0v) is 20.5. The molecule has 0 unspecified atom stereocenters. The molecule has 8 nitrogen and oxygen atoms in total. The number of aromatic nitrogens is 4. The van der Waals surface area contributed by atoms with Crippen LogP contribution in [0.1, 0.15) is 28.5 Å². The van der Waals surface area contributed by atoms with Gasteiger partial charge in [-0.2, -0.15) is 0 Å². The zero-order chi connectivity index (χ0) is 25.2. The minimum absolute atomic E-state index is 0.0616. The minimum Gasteiger partial charge on any atom is -0.491 e. The first-order valence-corrected chi connectivity index (χ1v) is 11.9. The molecule has 5 aromatic rings. The Balaban J connectivity index is 1.43. The molecule has 36 heavy (non-hydrogen) atoms. The third-order valence-electron chi connectivity index (χ3n) is 6.19. The molecular formula is C28H28N4O4. The molecule has 0 aliphatic carbocycles. The van der Waals surface area contributed by atoms with Crippen molar-refractivity contribution in [1.82, 2.24) is 19.6 Å². The molecule has 1 N–H and O–H groups in total. The van der Waals surface area contributed by atoms with Gasteiger partial charge in [-0.3, -0.25) is 0 Å². The molecule has 0 aliphatic heterocycles. The maximum Gasteiger partial charge on any atom is 0.340 e. The van der Waals surface area contributed by atoms with E-state index in [1.807, 2.05) is 80.6 Å². The van der Waals surface area contributed by atoms with Crippen molar-refractivity contribution < 1.29 is 19.4 Å². The Labute approximate surface area is 208 Å². The fourth-order valence-electron chi connectivity index (χ4n) is 4.47. The van der Waals surface area contributed by atoms with Gasteiger partial charge in [0.05, 0.1) is 29.7 Å². The van der Waals surface area contributed by atoms with Crippen molar-refractivity contribution in [2.75, 3.05) is 13.2 Å². The van der Waals surface area contributed by atoms with E-state index in [1.165, 1.54) is 0 Å². The Morgan fingerprint density at radius 3 is 2.58 bits per heavy atom. The average Bonchev–Trinajstić information content (AvgIpc) is 3.41. The summed E-state index contributed by atoms with van der Waals surface area (Å²) in [6.45, 7) is 6.35. The van der Waals surface area contributed by atoms with E-state index < -0.39 is 6.10 Å². The molecule has 0 aliphatic rings. The van der Waals surface area contributed by atoms with Gasteiger partial charge in [0.2, 0.25) is 0 Å². The molecule has 0 amide bonds. The number of fused-ring (bicyclic) bond motifs is 2. The summed E-state index contributed by atoms with van der Waals surface area (Å²) in [6, 6.07) is 21.4. The van der Waals surface area contributed by atoms with E-state index in [4.69, 9.17) is 9.47 Å². The van der Waals surface area contributed by atoms with E-state index in [1.54, 1.807) is 11.6 Å². The first-order valence-electron chi connectivity index (χ1n) is 11.9. The second-order valence-corrected chi connectivity index (χ2v) is 8.76. The molecule has 2 heterocycles. The Hall–Kier alpha value is -4.17. The summed E-state index contributed by atoms with van der Waals surface area (Å²) < 4.78 is 15.0. The van der Waals surface area contributed by atoms with Gasteiger partial charge in [-0.25, -0.2) is 9.48 Å². The summed E-state index contributed by atoms with van der Waals surface area (Å²) in [5.41, 5.74) is 5.92. The predicted octanol–water partition coefficient (Wildman–Crippen LogP) is 4.61. The number of hydrogen-bond acceptors (Lipinski definition) is 6. The predicted molar refractivity (Wildman–Crippen MR) is 138 cm³/mol. The molecule has 0 radical (unpaired) electrons. The van der Waals surface area contributed by atoms with E-state index in [9.17, 15) is 9.90 Å². The van der Waals surface area contributed by atoms with Gasteiger partial charge in [0.15, 0.2) is 0 Å². The Bertz CT molecular complexity index is 1540. The number of carbonyl (C=O) groups excluding carboxylic acids is 1. The maximum absolute atomic E-state index is 12.9. The maximum atomic E-state index is 12.9. The van der Waals surface area contributed by atoms with Gasteiger partial charge in [-0.15, -0.1) is 5.10 Å². The van der Waals surface area contributed by atoms with Crippen LogP contribution < -0.4 is 4.74 Å². The first kappa shape index (κ1) is 23.6. The fourth-order valence-corrected chi connectivity index (χ4v) is 4.47. The lowest BCUT2D eigenvalue weighted by Crippen LogP contribution is -2.24. The minimum atomic E-state index is -0.797. The first-order chi connectivity index (χ1) is 17.5. The lowest BCUT2D eigenvalue weighted by molar-refractivity contribution is 0.0527. The molecule has 0 bridgehead atoms. The number of ether oxygens (including phenoxy) is 2. The van der Waals surface area contributed by atoms with Crippen LogP contribution in [0.25, 0.3) is 27.6 Å². The molecule has 1 atom stereocenters. The van der Waals surface area contributed by atoms with Crippen LogP contribution in [0.3, 0.4) is 0 Å². The fraction of sp³-hybridized carbons (Fsp3) is 0.250. The molecule has 0 fully saturated rings. The number of rotatable bonds is 8. The standard InChI is InChI=1S/C28H28N4O4/c1-4-35-28(34)27-19(3)32(20-11-9-18(2)10-12-20)25-14-13-22(15-23(25)27)36-17-21(33)16-31-26-8-6-5-7-24(26)29-30-31/h5-15,21,33H,4,16-17H2,1-3H3/t21-/m0/s1. The molecular weight excluding hydrogens is 456 g/mol. The third-order valence-corrected chi connectivity index (χ3v) is 6.19. The molecule has 184 valence electrons. The lowest BCUT2D eigenvalue weighted by atomic mass is 10.1. The number of esters is 1. The van der Waals surface area contributed by atoms with E-state index in [-0.39, 0.29) is 25.7 Å². The van der Waals surface area contributed by atoms with Gasteiger partial charge < -0.3 is 19.1 Å². The van der Waals surface area contributed by atoms with Crippen molar-refractivity contribution in [3.05, 3.63) is 83.6 Å². The van der Waals surface area contributed by atoms with Gasteiger partial charge in [-0.1, -0.05) is 35.0 Å². The molecule has 2 aromatic heterocycles. The van der Waals surface area contributed by atoms with Crippen LogP contribution in [0.15, 0.2) is 66.7 Å². The van der Waals surface area contributed by atoms with Crippen LogP contribution in [0.2, 0.25) is 0 Å². The van der Waals surface area contributed by atoms with Crippen LogP contribution in [-0.4, -0.2) is 50.0 Å². The quantitative estimate of drug-likeness (QED) is 0.324. The van der Waals surface area contributed by atoms with Gasteiger partial charge in [-0.05, 0) is 63.2 Å². The van der Waals surface area contributed by atoms with Crippen molar-refractivity contribution in [3.63, 3.8) is 0 Å². The second kappa shape index (κ2) is 9.83. The summed E-state index contributed by atoms with van der Waals surface area (Å²) in [5, 5.41) is 19.6. The lowest BCUT2D eigenvalue weighted by Gasteiger charge is -2.13. The number of aryl methyl sites for hydroxylation is 1. The van der Waals surface area contributed by atoms with Crippen LogP contribution in [0.5, 0.6) is 5.75 Å². The largest absolute Gasteiger partial charge is 0.491 e. The van der Waals surface area contributed by atoms with E-state index >= 15 is 0 Å². The second-order valence-electron chi connectivity index (χ2n) is 8.76. The van der Waals surface area contributed by atoms with Crippen LogP contribution in [-0.2, 0) is 11.3 Å². The zero-order valence-electron chi connectivity index (χ0n) is 20.5. The number of hydrogen-bond donors (Lipinski definition) is 1. The highest BCUT2D eigenvalue weighted by atomic mass is 16.5. The van der Waals surface area contributed by atoms with Gasteiger partial charge in [0, 0.05) is 16.8 Å². The Kier molecular flexibility index (Phi) is 6.43. The number of benzene rings is 3. The van der Waals surface area contributed by atoms with Gasteiger partial charge in [0.25, 0.3) is 0 Å². The van der Waals surface area contributed by atoms with Crippen molar-refractivity contribution in [2.24, 2.45) is 0 Å². The van der Waals surface area contributed by atoms with E-state index in [0.717, 1.165) is 38.9 Å². The SMILES string of the molecule is CCOC(=O)c1c(C)n(-c2ccc(C)cc2)c2ccc(OC[C@@H](O)Cn3nnc4ccccc43)cc12. The van der Waals surface area contributed by atoms with Gasteiger partial charge in [0.1, 0.15) is 24.0 Å². The molecule has 0 spiro atoms. The van der Waals surface area contributed by atoms with E-state index in [2.05, 4.69) is 14.9 Å². The number of aliphatic hydroxyl groups excluding tert-OH is 1. The molecule has 3 aromatic carbocycles. The monoisotopic (exact) mass is 484 g/mol. The summed E-state index contributed by atoms with van der Waals surface area (Å²) in [7, 11) is 0. The summed E-state index contributed by atoms with van der Waals surface area (Å²) in [5.74, 6) is 0.178. The molecule has 0 saturated carbocycles. The van der Waals surface area contributed by atoms with Crippen LogP contribution >= 0.6 is 0 Å². The van der Waals surface area contributed by atoms with Crippen molar-refractivity contribution in [1.29, 1.82) is 0 Å². The molecule has 0 saturated heterocycles. The van der Waals surface area contributed by atoms with Gasteiger partial charge >= 0.3 is 5.97 Å². The molecule has 5 rings (SSSR count). The van der Waals surface area contributed by atoms with Crippen molar-refractivity contribution in [2.45, 2.75) is 33.4 Å². The number of aliphatic hydroxyl groups is 1. The summed E-state index contributed by atoms with van der Waals surface area (Å²) >= 11 is 0. The highest BCUT2D eigenvalue weighted by Gasteiger charge is 2.22. The van der Waals surface area contributed by atoms with Crippen molar-refractivity contribution in [3.8, 4) is 11.4 Å². The number of para-hydroxylation sites is 1. The normalized spacial score (nSPS) is 12.2. The smallest absolute Gasteiger partial charge is 0.340 e. The summed E-state index contributed by atoms with van der Waals surface area (Å²) in [4.78, 5) is 12.9. The Morgan fingerprint density at radius 1 is 1.03 bits per heavy atom. The van der Waals surface area contributed by atoms with E-state index in [0.29, 0.717) is 11.3 Å². The Morgan fingerprint density at radius 2 is 1.81 bits per heavy atom. The highest BCUT2D eigenvalue weighted by Crippen LogP contribution is 2.33. The van der Waals surface area contributed by atoms with Crippen molar-refractivity contribution >= 4 is 27.9 Å². The molecule has 8 heteroatoms. The number of nitrogens with zero attached hydrogens (tertiary/aromatic N) is 4. The average molecular weight is 485 g/mol. The third kappa shape index (κ3) is 4.43.